The van der Waals surface area contributed by atoms with Gasteiger partial charge in [-0.2, -0.15) is 0 Å². The SMILES string of the molecule is O=C(O)CCCC=CCC1CCCCC1NS(=O)(=O)C=Cc1cccc([N+](=O)[O-])c1. The summed E-state index contributed by atoms with van der Waals surface area (Å²) in [6.07, 6.45) is 11.2. The minimum atomic E-state index is -3.68. The molecular weight excluding hydrogens is 408 g/mol. The van der Waals surface area contributed by atoms with Crippen LogP contribution in [0.3, 0.4) is 0 Å². The van der Waals surface area contributed by atoms with E-state index in [4.69, 9.17) is 5.11 Å². The monoisotopic (exact) mass is 436 g/mol. The molecule has 0 spiro atoms. The van der Waals surface area contributed by atoms with Crippen LogP contribution in [0.25, 0.3) is 6.08 Å². The van der Waals surface area contributed by atoms with Gasteiger partial charge in [-0.25, -0.2) is 13.1 Å². The zero-order valence-corrected chi connectivity index (χ0v) is 17.6. The lowest BCUT2D eigenvalue weighted by atomic mass is 9.83. The van der Waals surface area contributed by atoms with Crippen LogP contribution >= 0.6 is 0 Å². The molecule has 1 aromatic carbocycles. The van der Waals surface area contributed by atoms with Crippen LogP contribution in [0.5, 0.6) is 0 Å². The number of benzene rings is 1. The van der Waals surface area contributed by atoms with Crippen molar-refractivity contribution in [3.05, 3.63) is 57.5 Å². The Morgan fingerprint density at radius 3 is 2.77 bits per heavy atom. The first-order chi connectivity index (χ1) is 14.3. The fourth-order valence-corrected chi connectivity index (χ4v) is 4.71. The second-order valence-corrected chi connectivity index (χ2v) is 9.06. The summed E-state index contributed by atoms with van der Waals surface area (Å²) < 4.78 is 27.8. The quantitative estimate of drug-likeness (QED) is 0.231. The topological polar surface area (TPSA) is 127 Å². The van der Waals surface area contributed by atoms with Crippen molar-refractivity contribution in [2.75, 3.05) is 0 Å². The van der Waals surface area contributed by atoms with E-state index >= 15 is 0 Å². The summed E-state index contributed by atoms with van der Waals surface area (Å²) in [5.74, 6) is -0.612. The van der Waals surface area contributed by atoms with Crippen LogP contribution in [-0.4, -0.2) is 30.5 Å². The normalized spacial score (nSPS) is 20.0. The van der Waals surface area contributed by atoms with Gasteiger partial charge in [0.05, 0.1) is 4.92 Å². The molecule has 1 saturated carbocycles. The largest absolute Gasteiger partial charge is 0.481 e. The van der Waals surface area contributed by atoms with E-state index in [0.29, 0.717) is 18.4 Å². The second kappa shape index (κ2) is 11.6. The average Bonchev–Trinajstić information content (AvgIpc) is 2.70. The Morgan fingerprint density at radius 1 is 1.27 bits per heavy atom. The van der Waals surface area contributed by atoms with Crippen molar-refractivity contribution in [2.24, 2.45) is 5.92 Å². The van der Waals surface area contributed by atoms with Gasteiger partial charge in [-0.15, -0.1) is 0 Å². The van der Waals surface area contributed by atoms with E-state index in [-0.39, 0.29) is 24.1 Å². The molecule has 0 aliphatic heterocycles. The third-order valence-electron chi connectivity index (χ3n) is 5.11. The van der Waals surface area contributed by atoms with Gasteiger partial charge in [-0.1, -0.05) is 37.1 Å². The molecule has 8 nitrogen and oxygen atoms in total. The van der Waals surface area contributed by atoms with Gasteiger partial charge in [-0.05, 0) is 49.7 Å². The number of carboxylic acids is 1. The predicted molar refractivity (Wildman–Crippen MR) is 115 cm³/mol. The van der Waals surface area contributed by atoms with E-state index < -0.39 is 20.9 Å². The zero-order chi connectivity index (χ0) is 22.0. The molecule has 2 N–H and O–H groups in total. The molecule has 0 aromatic heterocycles. The summed E-state index contributed by atoms with van der Waals surface area (Å²) >= 11 is 0. The van der Waals surface area contributed by atoms with Gasteiger partial charge in [0, 0.05) is 30.0 Å². The summed E-state index contributed by atoms with van der Waals surface area (Å²) in [4.78, 5) is 20.8. The predicted octanol–water partition coefficient (Wildman–Crippen LogP) is 4.24. The van der Waals surface area contributed by atoms with Gasteiger partial charge >= 0.3 is 5.97 Å². The number of nitrogens with zero attached hydrogens (tertiary/aromatic N) is 1. The van der Waals surface area contributed by atoms with Crippen molar-refractivity contribution in [2.45, 2.75) is 57.4 Å². The van der Waals surface area contributed by atoms with E-state index in [1.54, 1.807) is 6.07 Å². The molecule has 2 atom stereocenters. The number of hydrogen-bond acceptors (Lipinski definition) is 5. The summed E-state index contributed by atoms with van der Waals surface area (Å²) in [5.41, 5.74) is 0.351. The maximum atomic E-state index is 12.5. The number of hydrogen-bond donors (Lipinski definition) is 2. The highest BCUT2D eigenvalue weighted by atomic mass is 32.2. The van der Waals surface area contributed by atoms with Gasteiger partial charge in [0.1, 0.15) is 0 Å². The summed E-state index contributed by atoms with van der Waals surface area (Å²) in [6, 6.07) is 5.63. The number of allylic oxidation sites excluding steroid dienone is 2. The lowest BCUT2D eigenvalue weighted by Gasteiger charge is -2.31. The molecular formula is C21H28N2O6S. The zero-order valence-electron chi connectivity index (χ0n) is 16.8. The third-order valence-corrected chi connectivity index (χ3v) is 6.24. The molecule has 2 unspecified atom stereocenters. The number of carboxylic acid groups (broad SMARTS) is 1. The number of nitro benzene ring substituents is 1. The van der Waals surface area contributed by atoms with Gasteiger partial charge in [-0.3, -0.25) is 14.9 Å². The highest BCUT2D eigenvalue weighted by molar-refractivity contribution is 7.92. The van der Waals surface area contributed by atoms with Crippen molar-refractivity contribution < 1.29 is 23.2 Å². The van der Waals surface area contributed by atoms with Gasteiger partial charge in [0.2, 0.25) is 10.0 Å². The molecule has 0 heterocycles. The molecule has 164 valence electrons. The molecule has 0 amide bonds. The Labute approximate surface area is 176 Å². The number of nitrogens with one attached hydrogen (secondary N) is 1. The highest BCUT2D eigenvalue weighted by Crippen LogP contribution is 2.28. The maximum absolute atomic E-state index is 12.5. The Kier molecular flexibility index (Phi) is 9.19. The Morgan fingerprint density at radius 2 is 2.03 bits per heavy atom. The number of non-ortho nitro benzene ring substituents is 1. The van der Waals surface area contributed by atoms with E-state index in [2.05, 4.69) is 4.72 Å². The van der Waals surface area contributed by atoms with Crippen molar-refractivity contribution in [1.82, 2.24) is 4.72 Å². The smallest absolute Gasteiger partial charge is 0.303 e. The summed E-state index contributed by atoms with van der Waals surface area (Å²) in [6.45, 7) is 0. The molecule has 0 radical (unpaired) electrons. The Bertz CT molecular complexity index is 895. The fourth-order valence-electron chi connectivity index (χ4n) is 3.57. The molecule has 1 aliphatic rings. The molecule has 0 saturated heterocycles. The van der Waals surface area contributed by atoms with Gasteiger partial charge in [0.15, 0.2) is 0 Å². The Hall–Kier alpha value is -2.52. The van der Waals surface area contributed by atoms with Crippen molar-refractivity contribution in [1.29, 1.82) is 0 Å². The van der Waals surface area contributed by atoms with Crippen LogP contribution in [-0.2, 0) is 14.8 Å². The van der Waals surface area contributed by atoms with Crippen LogP contribution in [0, 0.1) is 16.0 Å². The minimum Gasteiger partial charge on any atom is -0.481 e. The van der Waals surface area contributed by atoms with E-state index in [1.807, 2.05) is 12.2 Å². The first-order valence-electron chi connectivity index (χ1n) is 10.1. The van der Waals surface area contributed by atoms with Crippen molar-refractivity contribution in [3.8, 4) is 0 Å². The summed E-state index contributed by atoms with van der Waals surface area (Å²) in [7, 11) is -3.68. The molecule has 9 heteroatoms. The van der Waals surface area contributed by atoms with Crippen LogP contribution in [0.4, 0.5) is 5.69 Å². The Balaban J connectivity index is 1.94. The average molecular weight is 437 g/mol. The molecule has 1 aliphatic carbocycles. The lowest BCUT2D eigenvalue weighted by Crippen LogP contribution is -2.41. The number of sulfonamides is 1. The molecule has 0 bridgehead atoms. The third kappa shape index (κ3) is 8.46. The maximum Gasteiger partial charge on any atom is 0.303 e. The van der Waals surface area contributed by atoms with Crippen LogP contribution < -0.4 is 4.72 Å². The highest BCUT2D eigenvalue weighted by Gasteiger charge is 2.27. The molecule has 2 rings (SSSR count). The fraction of sp³-hybridized carbons (Fsp3) is 0.476. The summed E-state index contributed by atoms with van der Waals surface area (Å²) in [5, 5.41) is 20.5. The standard InChI is InChI=1S/C21H28N2O6S/c24-21(25)13-4-2-1-3-9-18-10-5-6-12-20(18)22-30(28,29)15-14-17-8-7-11-19(16-17)23(26)27/h1,3,7-8,11,14-16,18,20,22H,2,4-6,9-10,12-13H2,(H,24,25). The number of rotatable bonds is 11. The second-order valence-electron chi connectivity index (χ2n) is 7.46. The molecule has 1 fully saturated rings. The van der Waals surface area contributed by atoms with Gasteiger partial charge < -0.3 is 5.11 Å². The number of carbonyl (C=O) groups is 1. The molecule has 30 heavy (non-hydrogen) atoms. The van der Waals surface area contributed by atoms with Crippen molar-refractivity contribution >= 4 is 27.8 Å². The number of aliphatic carboxylic acids is 1. The lowest BCUT2D eigenvalue weighted by molar-refractivity contribution is -0.384. The number of unbranched alkanes of at least 4 members (excludes halogenated alkanes) is 1. The number of nitro groups is 1. The van der Waals surface area contributed by atoms with Gasteiger partial charge in [0.25, 0.3) is 5.69 Å². The van der Waals surface area contributed by atoms with E-state index in [0.717, 1.165) is 37.5 Å². The minimum absolute atomic E-state index is 0.0926. The first kappa shape index (κ1) is 23.8. The van der Waals surface area contributed by atoms with E-state index in [9.17, 15) is 23.3 Å². The molecule has 1 aromatic rings. The van der Waals surface area contributed by atoms with Crippen LogP contribution in [0.1, 0.15) is 56.9 Å². The van der Waals surface area contributed by atoms with E-state index in [1.165, 1.54) is 24.3 Å². The first-order valence-corrected chi connectivity index (χ1v) is 11.6. The van der Waals surface area contributed by atoms with Crippen LogP contribution in [0.2, 0.25) is 0 Å². The van der Waals surface area contributed by atoms with Crippen molar-refractivity contribution in [3.63, 3.8) is 0 Å². The van der Waals surface area contributed by atoms with Crippen LogP contribution in [0.15, 0.2) is 41.8 Å².